The Bertz CT molecular complexity index is 1070. The number of carbonyl (C=O) groups excluding carboxylic acids is 1. The number of rotatable bonds is 6. The molecule has 1 aromatic heterocycles. The van der Waals surface area contributed by atoms with Crippen LogP contribution in [0.1, 0.15) is 29.5 Å². The van der Waals surface area contributed by atoms with Crippen LogP contribution in [0.25, 0.3) is 11.5 Å². The Kier molecular flexibility index (Phi) is 6.39. The van der Waals surface area contributed by atoms with Crippen molar-refractivity contribution in [2.24, 2.45) is 5.92 Å². The average Bonchev–Trinajstić information content (AvgIpc) is 3.31. The number of amides is 1. The summed E-state index contributed by atoms with van der Waals surface area (Å²) in [6, 6.07) is 14.6. The fourth-order valence-corrected chi connectivity index (χ4v) is 4.34. The Hall–Kier alpha value is -2.70. The summed E-state index contributed by atoms with van der Waals surface area (Å²) in [6.07, 6.45) is 1.08. The molecule has 0 saturated carbocycles. The van der Waals surface area contributed by atoms with Gasteiger partial charge in [0.2, 0.25) is 11.8 Å². The molecule has 0 spiro atoms. The van der Waals surface area contributed by atoms with Crippen LogP contribution < -0.4 is 5.32 Å². The molecule has 3 aromatic rings. The Morgan fingerprint density at radius 1 is 1.29 bits per heavy atom. The van der Waals surface area contributed by atoms with E-state index in [1.54, 1.807) is 6.07 Å². The molecule has 31 heavy (non-hydrogen) atoms. The first-order valence-electron chi connectivity index (χ1n) is 10.4. The molecular weight excluding hydrogens is 417 g/mol. The van der Waals surface area contributed by atoms with Gasteiger partial charge in [-0.3, -0.25) is 9.69 Å². The fraction of sp³-hybridized carbons (Fsp3) is 0.333. The van der Waals surface area contributed by atoms with Crippen LogP contribution >= 0.6 is 11.6 Å². The number of nitrogens with zero attached hydrogens (tertiary/aromatic N) is 2. The number of hydrogen-bond donors (Lipinski definition) is 1. The van der Waals surface area contributed by atoms with Gasteiger partial charge in [-0.2, -0.15) is 0 Å². The summed E-state index contributed by atoms with van der Waals surface area (Å²) in [5, 5.41) is 3.15. The molecule has 2 atom stereocenters. The van der Waals surface area contributed by atoms with Crippen LogP contribution in [-0.4, -0.2) is 35.9 Å². The highest BCUT2D eigenvalue weighted by molar-refractivity contribution is 6.30. The molecule has 0 aliphatic carbocycles. The van der Waals surface area contributed by atoms with Gasteiger partial charge in [-0.15, -0.1) is 0 Å². The van der Waals surface area contributed by atoms with E-state index in [1.165, 1.54) is 6.07 Å². The second-order valence-electron chi connectivity index (χ2n) is 8.02. The largest absolute Gasteiger partial charge is 0.441 e. The molecule has 162 valence electrons. The van der Waals surface area contributed by atoms with Gasteiger partial charge in [0, 0.05) is 18.2 Å². The van der Waals surface area contributed by atoms with Gasteiger partial charge < -0.3 is 9.73 Å². The van der Waals surface area contributed by atoms with E-state index in [-0.39, 0.29) is 29.3 Å². The van der Waals surface area contributed by atoms with E-state index < -0.39 is 5.82 Å². The summed E-state index contributed by atoms with van der Waals surface area (Å²) in [7, 11) is 2.02. The van der Waals surface area contributed by atoms with Crippen LogP contribution in [0.3, 0.4) is 0 Å². The molecular formula is C24H25ClFN3O2. The van der Waals surface area contributed by atoms with Gasteiger partial charge in [0.25, 0.3) is 0 Å². The zero-order valence-corrected chi connectivity index (χ0v) is 18.3. The van der Waals surface area contributed by atoms with Gasteiger partial charge in [-0.1, -0.05) is 35.9 Å². The van der Waals surface area contributed by atoms with E-state index in [9.17, 15) is 9.18 Å². The molecule has 1 aliphatic heterocycles. The Morgan fingerprint density at radius 2 is 2.06 bits per heavy atom. The third-order valence-corrected chi connectivity index (χ3v) is 6.17. The summed E-state index contributed by atoms with van der Waals surface area (Å²) >= 11 is 5.83. The third-order valence-electron chi connectivity index (χ3n) is 5.86. The quantitative estimate of drug-likeness (QED) is 0.597. The maximum Gasteiger partial charge on any atom is 0.226 e. The zero-order chi connectivity index (χ0) is 22.0. The smallest absolute Gasteiger partial charge is 0.226 e. The minimum atomic E-state index is -0.419. The molecule has 1 N–H and O–H groups in total. The highest BCUT2D eigenvalue weighted by Crippen LogP contribution is 2.36. The number of carbonyl (C=O) groups is 1. The molecule has 0 radical (unpaired) electrons. The normalized spacial score (nSPS) is 19.0. The van der Waals surface area contributed by atoms with E-state index in [4.69, 9.17) is 16.0 Å². The van der Waals surface area contributed by atoms with E-state index in [2.05, 4.69) is 15.2 Å². The number of oxazole rings is 1. The van der Waals surface area contributed by atoms with Crippen LogP contribution in [0.15, 0.2) is 52.9 Å². The van der Waals surface area contributed by atoms with Gasteiger partial charge in [0.05, 0.1) is 17.1 Å². The van der Waals surface area contributed by atoms with Gasteiger partial charge in [0.1, 0.15) is 11.6 Å². The Labute approximate surface area is 186 Å². The van der Waals surface area contributed by atoms with Crippen molar-refractivity contribution in [3.8, 4) is 11.5 Å². The van der Waals surface area contributed by atoms with Crippen molar-refractivity contribution in [2.75, 3.05) is 20.1 Å². The molecule has 1 fully saturated rings. The number of aryl methyl sites for hydroxylation is 1. The van der Waals surface area contributed by atoms with Crippen LogP contribution in [-0.2, 0) is 11.2 Å². The second-order valence-corrected chi connectivity index (χ2v) is 8.42. The standard InChI is InChI=1S/C24H25ClFN3O2/c1-15-21(28-24(31-15)16-6-4-3-5-7-16)13-22(30)27-14-18-10-11-29(2)23(18)17-8-9-19(25)20(26)12-17/h3-9,12,18,23H,10-11,13-14H2,1-2H3,(H,27,30)/t18-,23+/m1/s1. The Balaban J connectivity index is 1.39. The molecule has 1 saturated heterocycles. The van der Waals surface area contributed by atoms with Crippen molar-refractivity contribution in [2.45, 2.75) is 25.8 Å². The van der Waals surface area contributed by atoms with Crippen molar-refractivity contribution in [3.63, 3.8) is 0 Å². The molecule has 1 aliphatic rings. The highest BCUT2D eigenvalue weighted by Gasteiger charge is 2.33. The monoisotopic (exact) mass is 441 g/mol. The first-order valence-corrected chi connectivity index (χ1v) is 10.7. The van der Waals surface area contributed by atoms with Crippen molar-refractivity contribution >= 4 is 17.5 Å². The minimum absolute atomic E-state index is 0.0329. The summed E-state index contributed by atoms with van der Waals surface area (Å²) in [6.45, 7) is 3.22. The Morgan fingerprint density at radius 3 is 2.81 bits per heavy atom. The van der Waals surface area contributed by atoms with E-state index >= 15 is 0 Å². The molecule has 4 rings (SSSR count). The van der Waals surface area contributed by atoms with Crippen molar-refractivity contribution in [1.29, 1.82) is 0 Å². The highest BCUT2D eigenvalue weighted by atomic mass is 35.5. The predicted octanol–water partition coefficient (Wildman–Crippen LogP) is 4.79. The lowest BCUT2D eigenvalue weighted by molar-refractivity contribution is -0.120. The van der Waals surface area contributed by atoms with Crippen molar-refractivity contribution < 1.29 is 13.6 Å². The van der Waals surface area contributed by atoms with E-state index in [1.807, 2.05) is 50.4 Å². The maximum atomic E-state index is 14.0. The average molecular weight is 442 g/mol. The number of aromatic nitrogens is 1. The number of halogens is 2. The molecule has 5 nitrogen and oxygen atoms in total. The molecule has 0 bridgehead atoms. The third kappa shape index (κ3) is 4.81. The number of likely N-dealkylation sites (tertiary alicyclic amines) is 1. The summed E-state index contributed by atoms with van der Waals surface area (Å²) in [4.78, 5) is 19.3. The van der Waals surface area contributed by atoms with E-state index in [0.717, 1.165) is 24.1 Å². The van der Waals surface area contributed by atoms with Crippen molar-refractivity contribution in [1.82, 2.24) is 15.2 Å². The maximum absolute atomic E-state index is 14.0. The van der Waals surface area contributed by atoms with Crippen molar-refractivity contribution in [3.05, 3.63) is 76.4 Å². The van der Waals surface area contributed by atoms with Crippen LogP contribution in [0.4, 0.5) is 4.39 Å². The zero-order valence-electron chi connectivity index (χ0n) is 17.6. The lowest BCUT2D eigenvalue weighted by Gasteiger charge is -2.26. The van der Waals surface area contributed by atoms with E-state index in [0.29, 0.717) is 23.9 Å². The summed E-state index contributed by atoms with van der Waals surface area (Å²) in [5.74, 6) is 0.824. The topological polar surface area (TPSA) is 58.4 Å². The van der Waals surface area contributed by atoms with Crippen LogP contribution in [0, 0.1) is 18.7 Å². The molecule has 7 heteroatoms. The molecule has 1 amide bonds. The summed E-state index contributed by atoms with van der Waals surface area (Å²) in [5.41, 5.74) is 2.39. The van der Waals surface area contributed by atoms with Gasteiger partial charge in [0.15, 0.2) is 0 Å². The van der Waals surface area contributed by atoms with Gasteiger partial charge in [-0.25, -0.2) is 9.37 Å². The van der Waals surface area contributed by atoms with Gasteiger partial charge >= 0.3 is 0 Å². The second kappa shape index (κ2) is 9.20. The van der Waals surface area contributed by atoms with Crippen LogP contribution in [0.2, 0.25) is 5.02 Å². The number of benzene rings is 2. The lowest BCUT2D eigenvalue weighted by atomic mass is 9.93. The molecule has 0 unspecified atom stereocenters. The number of hydrogen-bond acceptors (Lipinski definition) is 4. The van der Waals surface area contributed by atoms with Crippen LogP contribution in [0.5, 0.6) is 0 Å². The number of nitrogens with one attached hydrogen (secondary N) is 1. The molecule has 2 aromatic carbocycles. The lowest BCUT2D eigenvalue weighted by Crippen LogP contribution is -2.33. The SMILES string of the molecule is Cc1oc(-c2ccccc2)nc1CC(=O)NC[C@H]1CCN(C)[C@H]1c1ccc(Cl)c(F)c1. The predicted molar refractivity (Wildman–Crippen MR) is 118 cm³/mol. The fourth-order valence-electron chi connectivity index (χ4n) is 4.22. The van der Waals surface area contributed by atoms with Gasteiger partial charge in [-0.05, 0) is 62.7 Å². The first kappa shape index (κ1) is 21.5. The first-order chi connectivity index (χ1) is 14.9. The minimum Gasteiger partial charge on any atom is -0.441 e. The summed E-state index contributed by atoms with van der Waals surface area (Å²) < 4.78 is 19.7. The molecule has 2 heterocycles.